The van der Waals surface area contributed by atoms with Crippen molar-refractivity contribution in [3.8, 4) is 0 Å². The number of carbonyl (C=O) groups excluding carboxylic acids is 2. The first kappa shape index (κ1) is 16.8. The lowest BCUT2D eigenvalue weighted by Gasteiger charge is -2.50. The van der Waals surface area contributed by atoms with Crippen LogP contribution in [0.5, 0.6) is 0 Å². The van der Waals surface area contributed by atoms with Crippen molar-refractivity contribution >= 4 is 17.6 Å². The second-order valence-corrected chi connectivity index (χ2v) is 7.04. The van der Waals surface area contributed by atoms with E-state index >= 15 is 0 Å². The Morgan fingerprint density at radius 3 is 2.88 bits per heavy atom. The summed E-state index contributed by atoms with van der Waals surface area (Å²) in [6.45, 7) is 3.49. The van der Waals surface area contributed by atoms with E-state index in [2.05, 4.69) is 18.3 Å². The Hall–Kier alpha value is -2.04. The van der Waals surface area contributed by atoms with Crippen LogP contribution in [0, 0.1) is 0 Å². The van der Waals surface area contributed by atoms with Crippen LogP contribution < -0.4 is 5.32 Å². The maximum Gasteiger partial charge on any atom is 0.321 e. The van der Waals surface area contributed by atoms with Gasteiger partial charge < -0.3 is 15.1 Å². The maximum absolute atomic E-state index is 12.7. The molecule has 3 amide bonds. The molecule has 0 aromatic heterocycles. The Balaban J connectivity index is 1.70. The highest BCUT2D eigenvalue weighted by atomic mass is 16.2. The van der Waals surface area contributed by atoms with Gasteiger partial charge >= 0.3 is 6.03 Å². The standard InChI is InChI=1S/C19H27N3O2/c1-3-15-7-4-8-16(13-15)20-18(24)22-12-6-11-19(14-22)10-5-9-17(23)21(19)2/h4,7-8,13H,3,5-6,9-12,14H2,1-2H3,(H,20,24). The molecule has 2 aliphatic heterocycles. The molecule has 5 nitrogen and oxygen atoms in total. The lowest BCUT2D eigenvalue weighted by molar-refractivity contribution is -0.142. The predicted octanol–water partition coefficient (Wildman–Crippen LogP) is 3.26. The predicted molar refractivity (Wildman–Crippen MR) is 95.0 cm³/mol. The van der Waals surface area contributed by atoms with Crippen molar-refractivity contribution in [1.29, 1.82) is 0 Å². The number of amides is 3. The third-order valence-corrected chi connectivity index (χ3v) is 5.55. The van der Waals surface area contributed by atoms with Gasteiger partial charge in [0, 0.05) is 32.2 Å². The Labute approximate surface area is 144 Å². The molecule has 130 valence electrons. The quantitative estimate of drug-likeness (QED) is 0.905. The molecule has 0 bridgehead atoms. The number of piperidine rings is 2. The molecule has 1 aromatic carbocycles. The summed E-state index contributed by atoms with van der Waals surface area (Å²) in [5.74, 6) is 0.208. The van der Waals surface area contributed by atoms with Crippen LogP contribution in [0.1, 0.15) is 44.6 Å². The normalized spacial score (nSPS) is 24.3. The number of carbonyl (C=O) groups is 2. The highest BCUT2D eigenvalue weighted by molar-refractivity contribution is 5.89. The summed E-state index contributed by atoms with van der Waals surface area (Å²) in [5.41, 5.74) is 1.88. The Morgan fingerprint density at radius 2 is 2.08 bits per heavy atom. The first-order chi connectivity index (χ1) is 11.5. The molecule has 3 rings (SSSR count). The van der Waals surface area contributed by atoms with Crippen LogP contribution in [0.15, 0.2) is 24.3 Å². The minimum absolute atomic E-state index is 0.0613. The van der Waals surface area contributed by atoms with Gasteiger partial charge in [-0.1, -0.05) is 19.1 Å². The minimum Gasteiger partial charge on any atom is -0.338 e. The smallest absolute Gasteiger partial charge is 0.321 e. The van der Waals surface area contributed by atoms with E-state index in [0.29, 0.717) is 13.0 Å². The van der Waals surface area contributed by atoms with Crippen LogP contribution in [0.3, 0.4) is 0 Å². The molecule has 2 saturated heterocycles. The Bertz CT molecular complexity index is 627. The SMILES string of the molecule is CCc1cccc(NC(=O)N2CCCC3(CCCC(=O)N3C)C2)c1. The number of likely N-dealkylation sites (tertiary alicyclic amines) is 2. The molecular formula is C19H27N3O2. The van der Waals surface area contributed by atoms with Gasteiger partial charge in [0.2, 0.25) is 5.91 Å². The van der Waals surface area contributed by atoms with Crippen LogP contribution in [0.25, 0.3) is 0 Å². The van der Waals surface area contributed by atoms with Gasteiger partial charge in [-0.2, -0.15) is 0 Å². The molecule has 0 radical (unpaired) electrons. The molecule has 2 aliphatic rings. The van der Waals surface area contributed by atoms with Gasteiger partial charge in [0.25, 0.3) is 0 Å². The monoisotopic (exact) mass is 329 g/mol. The van der Waals surface area contributed by atoms with Crippen molar-refractivity contribution in [3.63, 3.8) is 0 Å². The van der Waals surface area contributed by atoms with Crippen molar-refractivity contribution in [2.75, 3.05) is 25.5 Å². The Morgan fingerprint density at radius 1 is 1.29 bits per heavy atom. The largest absolute Gasteiger partial charge is 0.338 e. The van der Waals surface area contributed by atoms with E-state index in [9.17, 15) is 9.59 Å². The van der Waals surface area contributed by atoms with Crippen LogP contribution in [-0.2, 0) is 11.2 Å². The van der Waals surface area contributed by atoms with E-state index in [1.807, 2.05) is 35.0 Å². The van der Waals surface area contributed by atoms with Gasteiger partial charge in [0.1, 0.15) is 0 Å². The van der Waals surface area contributed by atoms with Gasteiger partial charge in [0.05, 0.1) is 5.54 Å². The van der Waals surface area contributed by atoms with Gasteiger partial charge in [-0.15, -0.1) is 0 Å². The minimum atomic E-state index is -0.170. The van der Waals surface area contributed by atoms with Crippen LogP contribution in [-0.4, -0.2) is 47.4 Å². The fraction of sp³-hybridized carbons (Fsp3) is 0.579. The number of likely N-dealkylation sites (N-methyl/N-ethyl adjacent to an activating group) is 1. The summed E-state index contributed by atoms with van der Waals surface area (Å²) in [6.07, 6.45) is 5.43. The van der Waals surface area contributed by atoms with Crippen molar-refractivity contribution < 1.29 is 9.59 Å². The van der Waals surface area contributed by atoms with Crippen molar-refractivity contribution in [3.05, 3.63) is 29.8 Å². The highest BCUT2D eigenvalue weighted by Gasteiger charge is 2.44. The van der Waals surface area contributed by atoms with Crippen molar-refractivity contribution in [2.45, 2.75) is 51.0 Å². The number of hydrogen-bond donors (Lipinski definition) is 1. The molecule has 5 heteroatoms. The summed E-state index contributed by atoms with van der Waals surface area (Å²) < 4.78 is 0. The van der Waals surface area contributed by atoms with E-state index in [1.54, 1.807) is 0 Å². The van der Waals surface area contributed by atoms with E-state index in [1.165, 1.54) is 5.56 Å². The summed E-state index contributed by atoms with van der Waals surface area (Å²) in [5, 5.41) is 3.02. The zero-order valence-electron chi connectivity index (χ0n) is 14.7. The van der Waals surface area contributed by atoms with Crippen molar-refractivity contribution in [1.82, 2.24) is 9.80 Å². The summed E-state index contributed by atoms with van der Waals surface area (Å²) in [4.78, 5) is 28.6. The fourth-order valence-corrected chi connectivity index (χ4v) is 4.00. The zero-order valence-corrected chi connectivity index (χ0v) is 14.7. The molecule has 1 atom stereocenters. The fourth-order valence-electron chi connectivity index (χ4n) is 4.00. The average Bonchev–Trinajstić information content (AvgIpc) is 2.60. The van der Waals surface area contributed by atoms with Crippen LogP contribution >= 0.6 is 0 Å². The molecule has 1 N–H and O–H groups in total. The first-order valence-electron chi connectivity index (χ1n) is 8.95. The van der Waals surface area contributed by atoms with Crippen LogP contribution in [0.2, 0.25) is 0 Å². The molecule has 1 unspecified atom stereocenters. The summed E-state index contributed by atoms with van der Waals surface area (Å²) >= 11 is 0. The van der Waals surface area contributed by atoms with E-state index in [4.69, 9.17) is 0 Å². The second kappa shape index (κ2) is 6.83. The van der Waals surface area contributed by atoms with Gasteiger partial charge in [0.15, 0.2) is 0 Å². The number of aryl methyl sites for hydroxylation is 1. The third kappa shape index (κ3) is 3.25. The second-order valence-electron chi connectivity index (χ2n) is 7.04. The third-order valence-electron chi connectivity index (χ3n) is 5.55. The van der Waals surface area contributed by atoms with E-state index in [-0.39, 0.29) is 17.5 Å². The molecule has 0 aliphatic carbocycles. The van der Waals surface area contributed by atoms with Gasteiger partial charge in [-0.05, 0) is 49.8 Å². The topological polar surface area (TPSA) is 52.7 Å². The molecule has 1 spiro atoms. The lowest BCUT2D eigenvalue weighted by Crippen LogP contribution is -2.62. The molecule has 24 heavy (non-hydrogen) atoms. The molecule has 0 saturated carbocycles. The Kier molecular flexibility index (Phi) is 4.78. The number of hydrogen-bond acceptors (Lipinski definition) is 2. The highest BCUT2D eigenvalue weighted by Crippen LogP contribution is 2.35. The number of anilines is 1. The maximum atomic E-state index is 12.7. The molecule has 1 aromatic rings. The van der Waals surface area contributed by atoms with E-state index < -0.39 is 0 Å². The first-order valence-corrected chi connectivity index (χ1v) is 8.95. The van der Waals surface area contributed by atoms with Gasteiger partial charge in [-0.25, -0.2) is 4.79 Å². The van der Waals surface area contributed by atoms with Crippen molar-refractivity contribution in [2.24, 2.45) is 0 Å². The number of nitrogens with one attached hydrogen (secondary N) is 1. The van der Waals surface area contributed by atoms with Gasteiger partial charge in [-0.3, -0.25) is 4.79 Å². The van der Waals surface area contributed by atoms with E-state index in [0.717, 1.165) is 44.3 Å². The average molecular weight is 329 g/mol. The molecular weight excluding hydrogens is 302 g/mol. The number of nitrogens with zero attached hydrogens (tertiary/aromatic N) is 2. The zero-order chi connectivity index (χ0) is 17.2. The lowest BCUT2D eigenvalue weighted by atomic mass is 9.80. The number of rotatable bonds is 2. The molecule has 2 heterocycles. The number of urea groups is 1. The summed E-state index contributed by atoms with van der Waals surface area (Å²) in [7, 11) is 1.90. The van der Waals surface area contributed by atoms with Crippen LogP contribution in [0.4, 0.5) is 10.5 Å². The summed E-state index contributed by atoms with van der Waals surface area (Å²) in [6, 6.07) is 7.92. The number of benzene rings is 1. The molecule has 2 fully saturated rings.